The van der Waals surface area contributed by atoms with Crippen molar-refractivity contribution in [2.45, 2.75) is 38.8 Å². The van der Waals surface area contributed by atoms with Gasteiger partial charge in [0.05, 0.1) is 11.6 Å². The molecule has 7 nitrogen and oxygen atoms in total. The van der Waals surface area contributed by atoms with Crippen molar-refractivity contribution < 1.29 is 9.53 Å². The molecule has 0 radical (unpaired) electrons. The topological polar surface area (TPSA) is 84.8 Å². The van der Waals surface area contributed by atoms with E-state index in [1.54, 1.807) is 0 Å². The van der Waals surface area contributed by atoms with E-state index in [2.05, 4.69) is 20.5 Å². The number of amides is 1. The monoisotopic (exact) mass is 303 g/mol. The SMILES string of the molecule is CCc1c(C(=O)N[C@H]2CCO[C@H]2c2n[nH]c(C)n2)ccn1C. The van der Waals surface area contributed by atoms with Crippen LogP contribution in [0.15, 0.2) is 12.3 Å². The number of aryl methyl sites for hydroxylation is 2. The molecule has 2 N–H and O–H groups in total. The van der Waals surface area contributed by atoms with E-state index < -0.39 is 0 Å². The Hall–Kier alpha value is -2.15. The van der Waals surface area contributed by atoms with Crippen molar-refractivity contribution >= 4 is 5.91 Å². The molecule has 2 aromatic heterocycles. The van der Waals surface area contributed by atoms with Gasteiger partial charge in [-0.25, -0.2) is 4.98 Å². The Morgan fingerprint density at radius 3 is 3.09 bits per heavy atom. The van der Waals surface area contributed by atoms with E-state index in [-0.39, 0.29) is 18.1 Å². The molecule has 0 aromatic carbocycles. The van der Waals surface area contributed by atoms with Gasteiger partial charge in [-0.1, -0.05) is 6.92 Å². The third-order valence-electron chi connectivity index (χ3n) is 4.06. The van der Waals surface area contributed by atoms with Crippen molar-refractivity contribution in [1.29, 1.82) is 0 Å². The van der Waals surface area contributed by atoms with Crippen LogP contribution in [0.2, 0.25) is 0 Å². The number of rotatable bonds is 4. The zero-order valence-electron chi connectivity index (χ0n) is 13.1. The minimum absolute atomic E-state index is 0.0646. The van der Waals surface area contributed by atoms with Crippen LogP contribution in [0, 0.1) is 6.92 Å². The Labute approximate surface area is 129 Å². The van der Waals surface area contributed by atoms with Crippen LogP contribution in [0.5, 0.6) is 0 Å². The van der Waals surface area contributed by atoms with Crippen molar-refractivity contribution in [3.8, 4) is 0 Å². The van der Waals surface area contributed by atoms with E-state index in [1.165, 1.54) is 0 Å². The number of hydrogen-bond donors (Lipinski definition) is 2. The quantitative estimate of drug-likeness (QED) is 0.891. The molecule has 1 saturated heterocycles. The van der Waals surface area contributed by atoms with Crippen LogP contribution in [-0.4, -0.2) is 38.3 Å². The third kappa shape index (κ3) is 2.64. The molecule has 7 heteroatoms. The molecular weight excluding hydrogens is 282 g/mol. The van der Waals surface area contributed by atoms with E-state index in [1.807, 2.05) is 37.7 Å². The summed E-state index contributed by atoms with van der Waals surface area (Å²) in [7, 11) is 1.95. The number of carbonyl (C=O) groups is 1. The van der Waals surface area contributed by atoms with Crippen LogP contribution in [0.1, 0.15) is 47.1 Å². The number of H-pyrrole nitrogens is 1. The molecule has 0 bridgehead atoms. The molecule has 0 saturated carbocycles. The molecule has 22 heavy (non-hydrogen) atoms. The molecule has 3 rings (SSSR count). The van der Waals surface area contributed by atoms with Gasteiger partial charge in [-0.15, -0.1) is 0 Å². The summed E-state index contributed by atoms with van der Waals surface area (Å²) in [5.41, 5.74) is 1.75. The Morgan fingerprint density at radius 1 is 1.59 bits per heavy atom. The van der Waals surface area contributed by atoms with Gasteiger partial charge in [0.1, 0.15) is 11.9 Å². The van der Waals surface area contributed by atoms with Gasteiger partial charge in [0.15, 0.2) is 5.82 Å². The predicted octanol–water partition coefficient (Wildman–Crippen LogP) is 1.27. The molecule has 1 fully saturated rings. The summed E-state index contributed by atoms with van der Waals surface area (Å²) in [5, 5.41) is 10.0. The maximum absolute atomic E-state index is 12.5. The van der Waals surface area contributed by atoms with Crippen LogP contribution >= 0.6 is 0 Å². The maximum Gasteiger partial charge on any atom is 0.253 e. The summed E-state index contributed by atoms with van der Waals surface area (Å²) in [5.74, 6) is 1.28. The maximum atomic E-state index is 12.5. The van der Waals surface area contributed by atoms with Crippen LogP contribution in [0.4, 0.5) is 0 Å². The van der Waals surface area contributed by atoms with Gasteiger partial charge < -0.3 is 14.6 Å². The van der Waals surface area contributed by atoms with Gasteiger partial charge in [0.2, 0.25) is 0 Å². The molecular formula is C15H21N5O2. The predicted molar refractivity (Wildman–Crippen MR) is 80.5 cm³/mol. The van der Waals surface area contributed by atoms with Crippen molar-refractivity contribution in [2.75, 3.05) is 6.61 Å². The zero-order chi connectivity index (χ0) is 15.7. The summed E-state index contributed by atoms with van der Waals surface area (Å²) < 4.78 is 7.68. The Bertz CT molecular complexity index is 675. The second kappa shape index (κ2) is 5.92. The highest BCUT2D eigenvalue weighted by Gasteiger charge is 2.34. The summed E-state index contributed by atoms with van der Waals surface area (Å²) in [6.07, 6.45) is 3.20. The highest BCUT2D eigenvalue weighted by Crippen LogP contribution is 2.27. The number of ether oxygens (including phenoxy) is 1. The number of carbonyl (C=O) groups excluding carboxylic acids is 1. The first-order chi connectivity index (χ1) is 10.6. The van der Waals surface area contributed by atoms with Crippen LogP contribution in [-0.2, 0) is 18.2 Å². The van der Waals surface area contributed by atoms with Crippen molar-refractivity contribution in [3.63, 3.8) is 0 Å². The number of nitrogens with zero attached hydrogens (tertiary/aromatic N) is 3. The van der Waals surface area contributed by atoms with Gasteiger partial charge in [-0.2, -0.15) is 5.10 Å². The molecule has 1 amide bonds. The Morgan fingerprint density at radius 2 is 2.41 bits per heavy atom. The normalized spacial score (nSPS) is 21.2. The number of nitrogens with one attached hydrogen (secondary N) is 2. The van der Waals surface area contributed by atoms with Crippen molar-refractivity contribution in [1.82, 2.24) is 25.1 Å². The average Bonchev–Trinajstić information content (AvgIpc) is 3.18. The van der Waals surface area contributed by atoms with Gasteiger partial charge >= 0.3 is 0 Å². The number of aromatic amines is 1. The molecule has 1 aliphatic rings. The fourth-order valence-corrected chi connectivity index (χ4v) is 2.93. The average molecular weight is 303 g/mol. The minimum atomic E-state index is -0.289. The minimum Gasteiger partial charge on any atom is -0.368 e. The smallest absolute Gasteiger partial charge is 0.253 e. The van der Waals surface area contributed by atoms with Gasteiger partial charge in [-0.3, -0.25) is 9.89 Å². The lowest BCUT2D eigenvalue weighted by atomic mass is 10.1. The largest absolute Gasteiger partial charge is 0.368 e. The zero-order valence-corrected chi connectivity index (χ0v) is 13.1. The van der Waals surface area contributed by atoms with E-state index in [9.17, 15) is 4.79 Å². The lowest BCUT2D eigenvalue weighted by Gasteiger charge is -2.17. The second-order valence-electron chi connectivity index (χ2n) is 5.58. The Balaban J connectivity index is 1.75. The highest BCUT2D eigenvalue weighted by molar-refractivity contribution is 5.95. The summed E-state index contributed by atoms with van der Waals surface area (Å²) in [6, 6.07) is 1.75. The first-order valence-corrected chi connectivity index (χ1v) is 7.55. The van der Waals surface area contributed by atoms with Gasteiger partial charge in [0, 0.05) is 25.5 Å². The van der Waals surface area contributed by atoms with E-state index >= 15 is 0 Å². The third-order valence-corrected chi connectivity index (χ3v) is 4.06. The standard InChI is InChI=1S/C15H21N5O2/c1-4-12-10(5-7-20(12)3)15(21)17-11-6-8-22-13(11)14-16-9(2)18-19-14/h5,7,11,13H,4,6,8H2,1-3H3,(H,17,21)(H,16,18,19)/t11-,13+/m0/s1. The molecule has 0 unspecified atom stereocenters. The summed E-state index contributed by atoms with van der Waals surface area (Å²) >= 11 is 0. The van der Waals surface area contributed by atoms with E-state index in [4.69, 9.17) is 4.74 Å². The second-order valence-corrected chi connectivity index (χ2v) is 5.58. The highest BCUT2D eigenvalue weighted by atomic mass is 16.5. The fourth-order valence-electron chi connectivity index (χ4n) is 2.93. The van der Waals surface area contributed by atoms with Gasteiger partial charge in [-0.05, 0) is 25.8 Å². The van der Waals surface area contributed by atoms with Crippen molar-refractivity contribution in [3.05, 3.63) is 35.2 Å². The molecule has 2 atom stereocenters. The fraction of sp³-hybridized carbons (Fsp3) is 0.533. The van der Waals surface area contributed by atoms with Crippen molar-refractivity contribution in [2.24, 2.45) is 7.05 Å². The number of aromatic nitrogens is 4. The summed E-state index contributed by atoms with van der Waals surface area (Å²) in [4.78, 5) is 16.9. The van der Waals surface area contributed by atoms with Crippen LogP contribution in [0.25, 0.3) is 0 Å². The molecule has 0 aliphatic carbocycles. The van der Waals surface area contributed by atoms with Crippen LogP contribution < -0.4 is 5.32 Å². The Kier molecular flexibility index (Phi) is 3.98. The molecule has 0 spiro atoms. The molecule has 118 valence electrons. The summed E-state index contributed by atoms with van der Waals surface area (Å²) in [6.45, 7) is 4.49. The molecule has 1 aliphatic heterocycles. The molecule has 2 aromatic rings. The lowest BCUT2D eigenvalue weighted by molar-refractivity contribution is 0.0791. The van der Waals surface area contributed by atoms with E-state index in [0.29, 0.717) is 12.4 Å². The van der Waals surface area contributed by atoms with Crippen LogP contribution in [0.3, 0.4) is 0 Å². The number of hydrogen-bond acceptors (Lipinski definition) is 4. The van der Waals surface area contributed by atoms with E-state index in [0.717, 1.165) is 29.9 Å². The first kappa shape index (κ1) is 14.8. The lowest BCUT2D eigenvalue weighted by Crippen LogP contribution is -2.37. The van der Waals surface area contributed by atoms with Gasteiger partial charge in [0.25, 0.3) is 5.91 Å². The molecule has 3 heterocycles. The first-order valence-electron chi connectivity index (χ1n) is 7.55.